The third-order valence-electron chi connectivity index (χ3n) is 3.19. The molecule has 1 saturated heterocycles. The van der Waals surface area contributed by atoms with E-state index in [1.807, 2.05) is 0 Å². The monoisotopic (exact) mass is 440 g/mol. The van der Waals surface area contributed by atoms with Gasteiger partial charge >= 0.3 is 108 Å². The molecule has 1 aliphatic rings. The Morgan fingerprint density at radius 1 is 1.22 bits per heavy atom. The number of aliphatic hydroxyl groups is 2. The minimum absolute atomic E-state index is 0. The van der Waals surface area contributed by atoms with Crippen LogP contribution in [0.4, 0.5) is 0 Å². The number of phosphoric acid groups is 1. The van der Waals surface area contributed by atoms with E-state index in [0.717, 1.165) is 0 Å². The maximum atomic E-state index is 11.8. The minimum atomic E-state index is -4.88. The molecule has 0 spiro atoms. The summed E-state index contributed by atoms with van der Waals surface area (Å²) >= 11 is 0. The molecule has 1 fully saturated rings. The van der Waals surface area contributed by atoms with E-state index in [0.29, 0.717) is 10.6 Å². The fraction of sp³-hybridized carbons (Fsp3) is 0.500. The van der Waals surface area contributed by atoms with Crippen molar-refractivity contribution in [3.8, 4) is 0 Å². The van der Waals surface area contributed by atoms with Crippen molar-refractivity contribution in [2.75, 3.05) is 6.61 Å². The van der Waals surface area contributed by atoms with Crippen LogP contribution in [0.5, 0.6) is 0 Å². The summed E-state index contributed by atoms with van der Waals surface area (Å²) in [5.41, 5.74) is -3.02. The van der Waals surface area contributed by atoms with E-state index in [1.54, 1.807) is 4.98 Å². The first-order chi connectivity index (χ1) is 11.0. The predicted molar refractivity (Wildman–Crippen MR) is 93.6 cm³/mol. The van der Waals surface area contributed by atoms with Crippen LogP contribution in [0.1, 0.15) is 16.7 Å². The number of aromatic nitrogens is 2. The first-order valence-electron chi connectivity index (χ1n) is 6.32. The molecule has 0 unspecified atom stereocenters. The predicted octanol–water partition coefficient (Wildman–Crippen LogP) is -4.98. The summed E-state index contributed by atoms with van der Waals surface area (Å²) in [6.07, 6.45) is -6.74. The third kappa shape index (κ3) is 7.72. The van der Waals surface area contributed by atoms with E-state index in [1.165, 1.54) is 0 Å². The Hall–Kier alpha value is 1.14. The molecule has 13 nitrogen and oxygen atoms in total. The van der Waals surface area contributed by atoms with Gasteiger partial charge in [0.2, 0.25) is 0 Å². The van der Waals surface area contributed by atoms with E-state index in [4.69, 9.17) is 19.6 Å². The molecular formula is C10H16N2Na3O11P. The second-order valence-electron chi connectivity index (χ2n) is 4.83. The average Bonchev–Trinajstić information content (AvgIpc) is 2.71. The molecule has 0 radical (unpaired) electrons. The van der Waals surface area contributed by atoms with Gasteiger partial charge in [0.25, 0.3) is 5.56 Å². The summed E-state index contributed by atoms with van der Waals surface area (Å²) in [5.74, 6) is -1.67. The number of hydrogen-bond acceptors (Lipinski definition) is 8. The van der Waals surface area contributed by atoms with Gasteiger partial charge in [-0.3, -0.25) is 18.9 Å². The van der Waals surface area contributed by atoms with Gasteiger partial charge in [-0.2, -0.15) is 0 Å². The van der Waals surface area contributed by atoms with E-state index < -0.39 is 61.9 Å². The van der Waals surface area contributed by atoms with Gasteiger partial charge in [0.05, 0.1) is 6.61 Å². The fourth-order valence-corrected chi connectivity index (χ4v) is 2.51. The third-order valence-corrected chi connectivity index (χ3v) is 3.68. The van der Waals surface area contributed by atoms with Crippen LogP contribution < -0.4 is 11.2 Å². The summed E-state index contributed by atoms with van der Waals surface area (Å²) in [4.78, 5) is 53.2. The number of ether oxygens (including phenoxy) is 1. The zero-order valence-electron chi connectivity index (χ0n) is 11.7. The quantitative estimate of drug-likeness (QED) is 0.189. The van der Waals surface area contributed by atoms with Crippen molar-refractivity contribution in [2.45, 2.75) is 24.5 Å². The van der Waals surface area contributed by atoms with E-state index in [2.05, 4.69) is 4.52 Å². The van der Waals surface area contributed by atoms with Crippen LogP contribution in [0.25, 0.3) is 0 Å². The van der Waals surface area contributed by atoms with Crippen molar-refractivity contribution < 1.29 is 43.7 Å². The van der Waals surface area contributed by atoms with Crippen LogP contribution in [0.15, 0.2) is 15.7 Å². The standard InChI is InChI=1S/C10H13N2O11P.3Na.3H/c13-5-1-3(9(16)17)12(10(18)11-5)8-7(15)6(14)4(23-8)2-22-24(19,20)21;;;;;;/h1,4,6-8,14-15H,2H2,(H,16,17)(H,11,13,18)(H2,19,20,21);;;;;;/t4-,6-,7-,8-;;;;;;/m1....../s1. The Morgan fingerprint density at radius 2 is 1.78 bits per heavy atom. The van der Waals surface area contributed by atoms with Crippen molar-refractivity contribution in [1.82, 2.24) is 9.55 Å². The average molecular weight is 440 g/mol. The number of aromatic amines is 1. The number of carboxylic acids is 1. The summed E-state index contributed by atoms with van der Waals surface area (Å²) in [6.45, 7) is -0.834. The van der Waals surface area contributed by atoms with Gasteiger partial charge in [-0.25, -0.2) is 14.2 Å². The first-order valence-corrected chi connectivity index (χ1v) is 7.85. The fourth-order valence-electron chi connectivity index (χ4n) is 2.17. The molecule has 1 aromatic heterocycles. The number of phosphoric ester groups is 1. The summed E-state index contributed by atoms with van der Waals surface area (Å²) in [6, 6.07) is 0.575. The second kappa shape index (κ2) is 12.1. The Balaban J connectivity index is 0. The summed E-state index contributed by atoms with van der Waals surface area (Å²) < 4.78 is 20.3. The Morgan fingerprint density at radius 3 is 2.26 bits per heavy atom. The maximum absolute atomic E-state index is 11.8. The number of aromatic carboxylic acids is 1. The van der Waals surface area contributed by atoms with Crippen LogP contribution in [-0.4, -0.2) is 154 Å². The Kier molecular flexibility index (Phi) is 13.6. The van der Waals surface area contributed by atoms with Crippen molar-refractivity contribution in [2.24, 2.45) is 0 Å². The number of carbonyl (C=O) groups is 1. The number of hydrogen-bond donors (Lipinski definition) is 6. The molecular weight excluding hydrogens is 424 g/mol. The van der Waals surface area contributed by atoms with Crippen molar-refractivity contribution >= 4 is 102 Å². The number of nitrogens with one attached hydrogen (secondary N) is 1. The molecule has 0 aliphatic carbocycles. The second-order valence-corrected chi connectivity index (χ2v) is 6.07. The number of rotatable bonds is 5. The number of nitrogens with zero attached hydrogens (tertiary/aromatic N) is 1. The number of H-pyrrole nitrogens is 1. The molecule has 4 atom stereocenters. The van der Waals surface area contributed by atoms with Crippen molar-refractivity contribution in [3.05, 3.63) is 32.6 Å². The number of carboxylic acid groups (broad SMARTS) is 1. The van der Waals surface area contributed by atoms with Crippen LogP contribution in [0, 0.1) is 0 Å². The zero-order chi connectivity index (χ0) is 18.2. The van der Waals surface area contributed by atoms with E-state index in [9.17, 15) is 29.2 Å². The molecule has 0 bridgehead atoms. The SMILES string of the molecule is O=C(O)c1cc(=O)[nH]c(=O)n1[C@@H]1O[C@H](COP(=O)(O)O)[C@@H](O)[C@H]1O.[NaH].[NaH].[NaH]. The van der Waals surface area contributed by atoms with Gasteiger partial charge in [-0.05, 0) is 0 Å². The van der Waals surface area contributed by atoms with Crippen LogP contribution in [0.2, 0.25) is 0 Å². The van der Waals surface area contributed by atoms with E-state index >= 15 is 0 Å². The normalized spacial score (nSPS) is 24.3. The van der Waals surface area contributed by atoms with Gasteiger partial charge in [0, 0.05) is 6.07 Å². The van der Waals surface area contributed by atoms with Gasteiger partial charge in [0.15, 0.2) is 6.23 Å². The van der Waals surface area contributed by atoms with Crippen molar-refractivity contribution in [3.63, 3.8) is 0 Å². The molecule has 2 heterocycles. The first kappa shape index (κ1) is 30.3. The van der Waals surface area contributed by atoms with Crippen molar-refractivity contribution in [1.29, 1.82) is 0 Å². The zero-order valence-corrected chi connectivity index (χ0v) is 12.6. The van der Waals surface area contributed by atoms with Gasteiger partial charge in [0.1, 0.15) is 24.0 Å². The molecule has 140 valence electrons. The molecule has 17 heteroatoms. The van der Waals surface area contributed by atoms with Gasteiger partial charge in [-0.15, -0.1) is 0 Å². The van der Waals surface area contributed by atoms with Crippen LogP contribution >= 0.6 is 7.82 Å². The number of aliphatic hydroxyl groups excluding tert-OH is 2. The Labute approximate surface area is 217 Å². The molecule has 2 rings (SSSR count). The Bertz CT molecular complexity index is 808. The summed E-state index contributed by atoms with van der Waals surface area (Å²) in [7, 11) is -4.88. The summed E-state index contributed by atoms with van der Waals surface area (Å²) in [5, 5.41) is 28.8. The molecule has 1 aromatic rings. The van der Waals surface area contributed by atoms with Crippen LogP contribution in [-0.2, 0) is 13.8 Å². The van der Waals surface area contributed by atoms with Gasteiger partial charge < -0.3 is 29.8 Å². The molecule has 1 aliphatic heterocycles. The molecule has 6 N–H and O–H groups in total. The molecule has 0 aromatic carbocycles. The molecule has 27 heavy (non-hydrogen) atoms. The van der Waals surface area contributed by atoms with Crippen LogP contribution in [0.3, 0.4) is 0 Å². The molecule has 0 amide bonds. The van der Waals surface area contributed by atoms with Gasteiger partial charge in [-0.1, -0.05) is 0 Å². The topological polar surface area (TPSA) is 209 Å². The molecule has 0 saturated carbocycles. The van der Waals surface area contributed by atoms with E-state index in [-0.39, 0.29) is 88.7 Å².